The van der Waals surface area contributed by atoms with E-state index in [1.807, 2.05) is 6.92 Å². The summed E-state index contributed by atoms with van der Waals surface area (Å²) in [5.74, 6) is -0.854. The van der Waals surface area contributed by atoms with E-state index >= 15 is 0 Å². The van der Waals surface area contributed by atoms with Gasteiger partial charge in [0.1, 0.15) is 0 Å². The molecule has 0 radical (unpaired) electrons. The van der Waals surface area contributed by atoms with Gasteiger partial charge in [-0.05, 0) is 26.3 Å². The Labute approximate surface area is 73.6 Å². The monoisotopic (exact) mass is 168 g/mol. The summed E-state index contributed by atoms with van der Waals surface area (Å²) in [6.45, 7) is 5.77. The number of carboxylic acids is 1. The number of carboxylic acid groups (broad SMARTS) is 1. The van der Waals surface area contributed by atoms with Gasteiger partial charge in [-0.25, -0.2) is 4.79 Å². The molecule has 0 saturated heterocycles. The predicted octanol–water partition coefficient (Wildman–Crippen LogP) is 2.76. The number of carbonyl (C=O) groups is 1. The molecule has 0 heterocycles. The standard InChI is InChI=1S/C10H16O2/c1-4-6-8(3)7-9(5-2)10(11)12/h5,7H,4,6H2,1-3H3,(H,11,12). The van der Waals surface area contributed by atoms with E-state index in [9.17, 15) is 4.79 Å². The Balaban J connectivity index is 4.38. The summed E-state index contributed by atoms with van der Waals surface area (Å²) in [7, 11) is 0. The molecule has 0 unspecified atom stereocenters. The Kier molecular flexibility index (Phi) is 5.09. The van der Waals surface area contributed by atoms with Crippen LogP contribution < -0.4 is 0 Å². The van der Waals surface area contributed by atoms with Gasteiger partial charge in [-0.2, -0.15) is 0 Å². The van der Waals surface area contributed by atoms with Crippen molar-refractivity contribution in [2.24, 2.45) is 0 Å². The molecule has 0 aliphatic rings. The second-order valence-corrected chi connectivity index (χ2v) is 2.79. The topological polar surface area (TPSA) is 37.3 Å². The molecule has 1 N–H and O–H groups in total. The minimum atomic E-state index is -0.854. The molecule has 0 aromatic rings. The first-order valence-electron chi connectivity index (χ1n) is 4.18. The Morgan fingerprint density at radius 2 is 2.08 bits per heavy atom. The summed E-state index contributed by atoms with van der Waals surface area (Å²) >= 11 is 0. The van der Waals surface area contributed by atoms with Crippen molar-refractivity contribution in [3.8, 4) is 0 Å². The lowest BCUT2D eigenvalue weighted by Gasteiger charge is -1.98. The third kappa shape index (κ3) is 3.96. The number of hydrogen-bond donors (Lipinski definition) is 1. The van der Waals surface area contributed by atoms with Crippen molar-refractivity contribution >= 4 is 5.97 Å². The van der Waals surface area contributed by atoms with Gasteiger partial charge in [-0.1, -0.05) is 25.0 Å². The molecule has 2 nitrogen and oxygen atoms in total. The minimum Gasteiger partial charge on any atom is -0.478 e. The lowest BCUT2D eigenvalue weighted by Crippen LogP contribution is -1.97. The van der Waals surface area contributed by atoms with Crippen molar-refractivity contribution in [2.45, 2.75) is 33.6 Å². The maximum atomic E-state index is 10.6. The van der Waals surface area contributed by atoms with Gasteiger partial charge >= 0.3 is 5.97 Å². The SMILES string of the molecule is CC=C(C=C(C)CCC)C(=O)O. The first kappa shape index (κ1) is 11.0. The lowest BCUT2D eigenvalue weighted by atomic mass is 10.1. The molecule has 0 saturated carbocycles. The first-order valence-corrected chi connectivity index (χ1v) is 4.18. The molecule has 0 aliphatic heterocycles. The average molecular weight is 168 g/mol. The van der Waals surface area contributed by atoms with E-state index in [1.165, 1.54) is 0 Å². The lowest BCUT2D eigenvalue weighted by molar-refractivity contribution is -0.132. The van der Waals surface area contributed by atoms with E-state index in [4.69, 9.17) is 5.11 Å². The zero-order valence-corrected chi connectivity index (χ0v) is 7.92. The highest BCUT2D eigenvalue weighted by Gasteiger charge is 2.01. The first-order chi connectivity index (χ1) is 5.61. The normalized spacial score (nSPS) is 13.2. The van der Waals surface area contributed by atoms with E-state index in [-0.39, 0.29) is 0 Å². The summed E-state index contributed by atoms with van der Waals surface area (Å²) in [4.78, 5) is 10.6. The Bertz CT molecular complexity index is 212. The van der Waals surface area contributed by atoms with Crippen LogP contribution in [0.2, 0.25) is 0 Å². The second kappa shape index (κ2) is 5.58. The highest BCUT2D eigenvalue weighted by molar-refractivity contribution is 5.89. The molecule has 0 rings (SSSR count). The summed E-state index contributed by atoms with van der Waals surface area (Å²) in [6.07, 6.45) is 5.36. The number of rotatable bonds is 4. The number of hydrogen-bond acceptors (Lipinski definition) is 1. The molecule has 0 spiro atoms. The molecular formula is C10H16O2. The van der Waals surface area contributed by atoms with Crippen LogP contribution in [-0.2, 0) is 4.79 Å². The molecule has 0 bridgehead atoms. The molecular weight excluding hydrogens is 152 g/mol. The Hall–Kier alpha value is -1.05. The summed E-state index contributed by atoms with van der Waals surface area (Å²) < 4.78 is 0. The maximum Gasteiger partial charge on any atom is 0.335 e. The zero-order valence-electron chi connectivity index (χ0n) is 7.92. The quantitative estimate of drug-likeness (QED) is 0.517. The molecule has 0 aliphatic carbocycles. The van der Waals surface area contributed by atoms with E-state index in [2.05, 4.69) is 6.92 Å². The summed E-state index contributed by atoms with van der Waals surface area (Å²) in [6, 6.07) is 0. The van der Waals surface area contributed by atoms with Gasteiger partial charge in [0.2, 0.25) is 0 Å². The van der Waals surface area contributed by atoms with Crippen molar-refractivity contribution in [3.05, 3.63) is 23.3 Å². The maximum absolute atomic E-state index is 10.6. The van der Waals surface area contributed by atoms with Crippen LogP contribution in [0.3, 0.4) is 0 Å². The fraction of sp³-hybridized carbons (Fsp3) is 0.500. The smallest absolute Gasteiger partial charge is 0.335 e. The van der Waals surface area contributed by atoms with E-state index < -0.39 is 5.97 Å². The number of aliphatic carboxylic acids is 1. The molecule has 0 fully saturated rings. The van der Waals surface area contributed by atoms with Crippen LogP contribution in [0.5, 0.6) is 0 Å². The second-order valence-electron chi connectivity index (χ2n) is 2.79. The van der Waals surface area contributed by atoms with Gasteiger partial charge in [0.05, 0.1) is 5.57 Å². The highest BCUT2D eigenvalue weighted by atomic mass is 16.4. The van der Waals surface area contributed by atoms with Crippen molar-refractivity contribution < 1.29 is 9.90 Å². The van der Waals surface area contributed by atoms with Crippen LogP contribution >= 0.6 is 0 Å². The molecule has 0 amide bonds. The van der Waals surface area contributed by atoms with Gasteiger partial charge in [-0.15, -0.1) is 0 Å². The van der Waals surface area contributed by atoms with E-state index in [1.54, 1.807) is 19.1 Å². The fourth-order valence-corrected chi connectivity index (χ4v) is 1.00. The Morgan fingerprint density at radius 3 is 2.42 bits per heavy atom. The van der Waals surface area contributed by atoms with Gasteiger partial charge in [0.25, 0.3) is 0 Å². The summed E-state index contributed by atoms with van der Waals surface area (Å²) in [5.41, 5.74) is 1.49. The van der Waals surface area contributed by atoms with Crippen molar-refractivity contribution in [1.82, 2.24) is 0 Å². The van der Waals surface area contributed by atoms with E-state index in [0.717, 1.165) is 18.4 Å². The highest BCUT2D eigenvalue weighted by Crippen LogP contribution is 2.08. The van der Waals surface area contributed by atoms with Crippen LogP contribution in [0.15, 0.2) is 23.3 Å². The fourth-order valence-electron chi connectivity index (χ4n) is 1.00. The van der Waals surface area contributed by atoms with Crippen molar-refractivity contribution in [1.29, 1.82) is 0 Å². The largest absolute Gasteiger partial charge is 0.478 e. The van der Waals surface area contributed by atoms with Crippen LogP contribution in [-0.4, -0.2) is 11.1 Å². The Morgan fingerprint density at radius 1 is 1.50 bits per heavy atom. The number of allylic oxidation sites excluding steroid dienone is 2. The molecule has 12 heavy (non-hydrogen) atoms. The van der Waals surface area contributed by atoms with Crippen LogP contribution in [0.4, 0.5) is 0 Å². The van der Waals surface area contributed by atoms with Crippen LogP contribution in [0.25, 0.3) is 0 Å². The van der Waals surface area contributed by atoms with Crippen LogP contribution in [0, 0.1) is 0 Å². The minimum absolute atomic E-state index is 0.376. The van der Waals surface area contributed by atoms with Crippen molar-refractivity contribution in [2.75, 3.05) is 0 Å². The van der Waals surface area contributed by atoms with Gasteiger partial charge in [0, 0.05) is 0 Å². The zero-order chi connectivity index (χ0) is 9.56. The molecule has 68 valence electrons. The third-order valence-corrected chi connectivity index (χ3v) is 1.60. The molecule has 0 aromatic heterocycles. The van der Waals surface area contributed by atoms with Crippen molar-refractivity contribution in [3.63, 3.8) is 0 Å². The summed E-state index contributed by atoms with van der Waals surface area (Å²) in [5, 5.41) is 8.68. The van der Waals surface area contributed by atoms with Gasteiger partial charge in [-0.3, -0.25) is 0 Å². The van der Waals surface area contributed by atoms with E-state index in [0.29, 0.717) is 5.57 Å². The molecule has 0 aromatic carbocycles. The van der Waals surface area contributed by atoms with Gasteiger partial charge in [0.15, 0.2) is 0 Å². The van der Waals surface area contributed by atoms with Crippen LogP contribution in [0.1, 0.15) is 33.6 Å². The predicted molar refractivity (Wildman–Crippen MR) is 50.1 cm³/mol. The molecule has 2 heteroatoms. The third-order valence-electron chi connectivity index (χ3n) is 1.60. The van der Waals surface area contributed by atoms with Gasteiger partial charge < -0.3 is 5.11 Å². The molecule has 0 atom stereocenters. The average Bonchev–Trinajstić information content (AvgIpc) is 2.00.